The van der Waals surface area contributed by atoms with Gasteiger partial charge in [0.2, 0.25) is 0 Å². The summed E-state index contributed by atoms with van der Waals surface area (Å²) in [6.07, 6.45) is 3.59. The molecule has 2 amide bonds. The van der Waals surface area contributed by atoms with Gasteiger partial charge in [-0.25, -0.2) is 19.1 Å². The molecule has 16 heteroatoms. The third-order valence-corrected chi connectivity index (χ3v) is 9.08. The second-order valence-corrected chi connectivity index (χ2v) is 11.4. The molecule has 1 fully saturated rings. The van der Waals surface area contributed by atoms with Gasteiger partial charge in [-0.3, -0.25) is 14.5 Å². The number of hydrogen-bond acceptors (Lipinski definition) is 12. The molecule has 0 saturated carbocycles. The lowest BCUT2D eigenvalue weighted by atomic mass is 10.0. The number of β-lactam (4-membered cyclic amide) rings is 1. The Kier molecular flexibility index (Phi) is 7.24. The minimum Gasteiger partial charge on any atom is -0.477 e. The van der Waals surface area contributed by atoms with Crippen LogP contribution in [0.3, 0.4) is 0 Å². The van der Waals surface area contributed by atoms with E-state index in [-0.39, 0.29) is 28.8 Å². The van der Waals surface area contributed by atoms with E-state index in [2.05, 4.69) is 15.5 Å². The number of thiazole rings is 1. The summed E-state index contributed by atoms with van der Waals surface area (Å²) in [7, 11) is 2.59. The standard InChI is InChI=1S/C23H20N6O7S3/c1-35-22(34)14-5-10-6-28(4-3-13(10)39-14)7-11-8-37-20-16(19(31)29(20)17(11)21(32)33)26-18(30)15(27-36-2)12-9-38-23(24)25-12/h3-6,9,16,20H,7-8H2,1-2H3,(H3-,24,25,26,30,32,33)/p+1/b27-15-/t16?,20-/m1/s1. The number of carboxylic acid groups (broad SMARTS) is 1. The van der Waals surface area contributed by atoms with Gasteiger partial charge in [0.15, 0.2) is 29.8 Å². The highest BCUT2D eigenvalue weighted by Gasteiger charge is 2.54. The Morgan fingerprint density at radius 1 is 1.36 bits per heavy atom. The Balaban J connectivity index is 1.35. The molecule has 5 rings (SSSR count). The molecular formula is C23H21N6O7S3+. The number of carboxylic acids is 1. The Hall–Kier alpha value is -4.02. The van der Waals surface area contributed by atoms with Crippen LogP contribution in [0.15, 0.2) is 46.3 Å². The van der Waals surface area contributed by atoms with E-state index in [0.29, 0.717) is 16.2 Å². The number of thioether (sulfide) groups is 1. The smallest absolute Gasteiger partial charge is 0.352 e. The van der Waals surface area contributed by atoms with E-state index in [1.807, 2.05) is 12.3 Å². The zero-order valence-corrected chi connectivity index (χ0v) is 22.9. The van der Waals surface area contributed by atoms with E-state index < -0.39 is 35.2 Å². The SMILES string of the molecule is CO/N=C(\C(=O)NC1C(=O)N2C(C(=O)O)=C(C[n+]3ccc4sc(C(=O)OC)cc4c3)CS[C@H]12)c1csc(N)n1. The summed E-state index contributed by atoms with van der Waals surface area (Å²) in [5.74, 6) is -2.59. The molecule has 3 aromatic heterocycles. The van der Waals surface area contributed by atoms with Crippen LogP contribution in [0, 0.1) is 0 Å². The highest BCUT2D eigenvalue weighted by atomic mass is 32.2. The van der Waals surface area contributed by atoms with E-state index in [9.17, 15) is 24.3 Å². The normalized spacial score (nSPS) is 19.0. The first-order valence-electron chi connectivity index (χ1n) is 11.3. The Morgan fingerprint density at radius 3 is 2.82 bits per heavy atom. The highest BCUT2D eigenvalue weighted by Crippen LogP contribution is 2.40. The number of thiophene rings is 1. The van der Waals surface area contributed by atoms with Crippen molar-refractivity contribution >= 4 is 79.1 Å². The fourth-order valence-corrected chi connectivity index (χ4v) is 7.09. The second-order valence-electron chi connectivity index (χ2n) is 8.35. The van der Waals surface area contributed by atoms with Gasteiger partial charge in [-0.2, -0.15) is 0 Å². The number of fused-ring (bicyclic) bond motifs is 2. The number of nitrogens with one attached hydrogen (secondary N) is 1. The third kappa shape index (κ3) is 4.93. The molecular weight excluding hydrogens is 568 g/mol. The average Bonchev–Trinajstić information content (AvgIpc) is 3.55. The van der Waals surface area contributed by atoms with Gasteiger partial charge >= 0.3 is 11.9 Å². The molecule has 0 aliphatic carbocycles. The van der Waals surface area contributed by atoms with E-state index in [0.717, 1.165) is 21.4 Å². The molecule has 0 radical (unpaired) electrons. The van der Waals surface area contributed by atoms with Crippen LogP contribution in [-0.2, 0) is 30.5 Å². The van der Waals surface area contributed by atoms with E-state index in [1.54, 1.807) is 16.8 Å². The molecule has 1 unspecified atom stereocenters. The van der Waals surface area contributed by atoms with Crippen molar-refractivity contribution in [3.8, 4) is 0 Å². The monoisotopic (exact) mass is 589 g/mol. The number of ether oxygens (including phenoxy) is 1. The zero-order chi connectivity index (χ0) is 27.8. The Morgan fingerprint density at radius 2 is 2.15 bits per heavy atom. The zero-order valence-electron chi connectivity index (χ0n) is 20.4. The summed E-state index contributed by atoms with van der Waals surface area (Å²) in [6, 6.07) is 2.60. The lowest BCUT2D eigenvalue weighted by Crippen LogP contribution is -2.71. The van der Waals surface area contributed by atoms with Crippen molar-refractivity contribution < 1.29 is 38.4 Å². The molecule has 13 nitrogen and oxygen atoms in total. The van der Waals surface area contributed by atoms with Crippen LogP contribution in [0.1, 0.15) is 15.4 Å². The van der Waals surface area contributed by atoms with Gasteiger partial charge in [-0.1, -0.05) is 5.16 Å². The van der Waals surface area contributed by atoms with Crippen LogP contribution in [0.4, 0.5) is 5.13 Å². The van der Waals surface area contributed by atoms with Gasteiger partial charge in [0.25, 0.3) is 11.8 Å². The van der Waals surface area contributed by atoms with Crippen molar-refractivity contribution in [2.75, 3.05) is 25.7 Å². The van der Waals surface area contributed by atoms with Crippen molar-refractivity contribution in [1.82, 2.24) is 15.2 Å². The van der Waals surface area contributed by atoms with Crippen molar-refractivity contribution in [2.24, 2.45) is 5.16 Å². The highest BCUT2D eigenvalue weighted by molar-refractivity contribution is 8.00. The van der Waals surface area contributed by atoms with Gasteiger partial charge in [0.1, 0.15) is 34.8 Å². The van der Waals surface area contributed by atoms with E-state index in [1.165, 1.54) is 47.6 Å². The van der Waals surface area contributed by atoms with Crippen molar-refractivity contribution in [2.45, 2.75) is 18.0 Å². The summed E-state index contributed by atoms with van der Waals surface area (Å²) in [6.45, 7) is 0.220. The number of aliphatic carboxylic acids is 1. The van der Waals surface area contributed by atoms with Crippen LogP contribution in [0.5, 0.6) is 0 Å². The minimum atomic E-state index is -1.24. The number of rotatable bonds is 8. The molecule has 0 bridgehead atoms. The van der Waals surface area contributed by atoms with Crippen molar-refractivity contribution in [3.05, 3.63) is 51.7 Å². The van der Waals surface area contributed by atoms with E-state index >= 15 is 0 Å². The molecule has 0 spiro atoms. The number of methoxy groups -OCH3 is 1. The first kappa shape index (κ1) is 26.6. The molecule has 2 aliphatic heterocycles. The molecule has 2 atom stereocenters. The summed E-state index contributed by atoms with van der Waals surface area (Å²) in [4.78, 5) is 60.6. The maximum Gasteiger partial charge on any atom is 0.352 e. The van der Waals surface area contributed by atoms with Gasteiger partial charge < -0.3 is 25.7 Å². The number of hydrogen-bond donors (Lipinski definition) is 3. The largest absolute Gasteiger partial charge is 0.477 e. The molecule has 0 aromatic carbocycles. The lowest BCUT2D eigenvalue weighted by Gasteiger charge is -2.49. The number of esters is 1. The molecule has 2 aliphatic rings. The van der Waals surface area contributed by atoms with Gasteiger partial charge in [-0.05, 0) is 6.07 Å². The number of nitrogens with two attached hydrogens (primary N) is 1. The Bertz CT molecular complexity index is 1580. The van der Waals surface area contributed by atoms with E-state index in [4.69, 9.17) is 15.3 Å². The number of carbonyl (C=O) groups is 4. The molecule has 3 aromatic rings. The second kappa shape index (κ2) is 10.6. The number of amides is 2. The van der Waals surface area contributed by atoms with Crippen LogP contribution >= 0.6 is 34.4 Å². The fourth-order valence-electron chi connectivity index (χ4n) is 4.26. The molecule has 202 valence electrons. The first-order chi connectivity index (χ1) is 18.7. The van der Waals surface area contributed by atoms with Gasteiger partial charge in [-0.15, -0.1) is 34.4 Å². The topological polar surface area (TPSA) is 177 Å². The quantitative estimate of drug-likeness (QED) is 0.112. The summed E-state index contributed by atoms with van der Waals surface area (Å²) < 4.78 is 7.46. The molecule has 1 saturated heterocycles. The van der Waals surface area contributed by atoms with Crippen LogP contribution in [0.25, 0.3) is 10.1 Å². The lowest BCUT2D eigenvalue weighted by molar-refractivity contribution is -0.687. The number of nitrogens with zero attached hydrogens (tertiary/aromatic N) is 4. The van der Waals surface area contributed by atoms with Crippen LogP contribution in [-0.4, -0.2) is 75.8 Å². The van der Waals surface area contributed by atoms with Crippen molar-refractivity contribution in [1.29, 1.82) is 0 Å². The first-order valence-corrected chi connectivity index (χ1v) is 14.0. The average molecular weight is 590 g/mol. The Labute approximate surface area is 232 Å². The molecule has 5 heterocycles. The summed E-state index contributed by atoms with van der Waals surface area (Å²) >= 11 is 3.76. The number of pyridine rings is 1. The number of nitrogen functional groups attached to an aromatic ring is 1. The van der Waals surface area contributed by atoms with Crippen LogP contribution < -0.4 is 15.6 Å². The minimum absolute atomic E-state index is 0.111. The fraction of sp³-hybridized carbons (Fsp3) is 0.261. The maximum absolute atomic E-state index is 13.1. The summed E-state index contributed by atoms with van der Waals surface area (Å²) in [5.41, 5.74) is 6.13. The van der Waals surface area contributed by atoms with Crippen LogP contribution in [0.2, 0.25) is 0 Å². The predicted molar refractivity (Wildman–Crippen MR) is 143 cm³/mol. The number of anilines is 1. The molecule has 4 N–H and O–H groups in total. The number of carbonyl (C=O) groups excluding carboxylic acids is 3. The van der Waals surface area contributed by atoms with Gasteiger partial charge in [0, 0.05) is 27.5 Å². The number of aromatic nitrogens is 2. The number of oxime groups is 1. The maximum atomic E-state index is 13.1. The van der Waals surface area contributed by atoms with Crippen molar-refractivity contribution in [3.63, 3.8) is 0 Å². The molecule has 39 heavy (non-hydrogen) atoms. The van der Waals surface area contributed by atoms with Gasteiger partial charge in [0.05, 0.1) is 12.5 Å². The predicted octanol–water partition coefficient (Wildman–Crippen LogP) is 0.803. The summed E-state index contributed by atoms with van der Waals surface area (Å²) in [5, 5.41) is 18.3. The third-order valence-electron chi connectivity index (χ3n) is 5.97.